The number of hydrogen-bond donors (Lipinski definition) is 0. The molecule has 0 saturated carbocycles. The highest BCUT2D eigenvalue weighted by molar-refractivity contribution is 5.03. The molecule has 0 aliphatic rings. The normalized spacial score (nSPS) is 13.8. The average molecular weight is 250 g/mol. The predicted molar refractivity (Wildman–Crippen MR) is 84.9 cm³/mol. The fraction of sp³-hybridized carbons (Fsp3) is 0.778. The Labute approximate surface area is 116 Å². The summed E-state index contributed by atoms with van der Waals surface area (Å²) < 4.78 is 0. The first-order chi connectivity index (χ1) is 8.41. The molecule has 0 heterocycles. The van der Waals surface area contributed by atoms with Crippen molar-refractivity contribution in [2.45, 2.75) is 80.1 Å². The molecule has 0 aromatic heterocycles. The van der Waals surface area contributed by atoms with Crippen LogP contribution in [0.3, 0.4) is 0 Å². The highest BCUT2D eigenvalue weighted by atomic mass is 14.0. The Bertz CT molecular complexity index is 253. The van der Waals surface area contributed by atoms with Gasteiger partial charge in [0.2, 0.25) is 0 Å². The summed E-state index contributed by atoms with van der Waals surface area (Å²) >= 11 is 0. The minimum Gasteiger partial charge on any atom is -0.0853 e. The molecule has 0 amide bonds. The molecule has 18 heavy (non-hydrogen) atoms. The molecular weight excluding hydrogens is 216 g/mol. The van der Waals surface area contributed by atoms with E-state index in [-0.39, 0.29) is 0 Å². The maximum Gasteiger partial charge on any atom is -0.0288 e. The van der Waals surface area contributed by atoms with E-state index in [0.29, 0.717) is 0 Å². The lowest BCUT2D eigenvalue weighted by Gasteiger charge is -2.05. The molecule has 0 unspecified atom stereocenters. The third-order valence-corrected chi connectivity index (χ3v) is 3.32. The van der Waals surface area contributed by atoms with Gasteiger partial charge in [0.15, 0.2) is 0 Å². The zero-order valence-corrected chi connectivity index (χ0v) is 13.6. The van der Waals surface area contributed by atoms with E-state index in [2.05, 4.69) is 53.7 Å². The van der Waals surface area contributed by atoms with Gasteiger partial charge in [-0.05, 0) is 57.8 Å². The summed E-state index contributed by atoms with van der Waals surface area (Å²) in [6, 6.07) is 0. The van der Waals surface area contributed by atoms with Crippen molar-refractivity contribution < 1.29 is 0 Å². The molecule has 0 heteroatoms. The van der Waals surface area contributed by atoms with Crippen LogP contribution < -0.4 is 0 Å². The van der Waals surface area contributed by atoms with Gasteiger partial charge in [0.1, 0.15) is 0 Å². The van der Waals surface area contributed by atoms with Crippen LogP contribution in [-0.4, -0.2) is 0 Å². The Balaban J connectivity index is 3.76. The molecule has 0 aromatic carbocycles. The zero-order chi connectivity index (χ0) is 14.0. The molecule has 0 rings (SSSR count). The van der Waals surface area contributed by atoms with Crippen LogP contribution in [0.1, 0.15) is 80.1 Å². The highest BCUT2D eigenvalue weighted by Gasteiger charge is 1.96. The molecule has 0 N–H and O–H groups in total. The van der Waals surface area contributed by atoms with E-state index in [0.717, 1.165) is 11.8 Å². The largest absolute Gasteiger partial charge is 0.0853 e. The molecule has 0 radical (unpaired) electrons. The maximum atomic E-state index is 2.44. The Kier molecular flexibility index (Phi) is 10.1. The van der Waals surface area contributed by atoms with Crippen molar-refractivity contribution in [2.75, 3.05) is 0 Å². The lowest BCUT2D eigenvalue weighted by atomic mass is 10.0. The van der Waals surface area contributed by atoms with Crippen LogP contribution >= 0.6 is 0 Å². The van der Waals surface area contributed by atoms with E-state index in [4.69, 9.17) is 0 Å². The molecule has 0 atom stereocenters. The Morgan fingerprint density at radius 2 is 1.44 bits per heavy atom. The molecule has 0 aliphatic carbocycles. The standard InChI is InChI=1S/C18H34/c1-15(2)9-7-10-17(5)11-8-12-18(6)14-13-16(3)4/h11,14-16H,7-10,12-13H2,1-6H3. The van der Waals surface area contributed by atoms with E-state index in [1.807, 2.05) is 0 Å². The predicted octanol–water partition coefficient (Wildman–Crippen LogP) is 6.53. The monoisotopic (exact) mass is 250 g/mol. The van der Waals surface area contributed by atoms with Crippen molar-refractivity contribution >= 4 is 0 Å². The van der Waals surface area contributed by atoms with Crippen LogP contribution in [-0.2, 0) is 0 Å². The molecular formula is C18H34. The second-order valence-corrected chi connectivity index (χ2v) is 6.56. The van der Waals surface area contributed by atoms with Crippen LogP contribution in [0.2, 0.25) is 0 Å². The number of allylic oxidation sites excluding steroid dienone is 4. The van der Waals surface area contributed by atoms with Crippen molar-refractivity contribution in [1.82, 2.24) is 0 Å². The van der Waals surface area contributed by atoms with Crippen molar-refractivity contribution in [2.24, 2.45) is 11.8 Å². The van der Waals surface area contributed by atoms with E-state index in [9.17, 15) is 0 Å². The minimum absolute atomic E-state index is 0.785. The third kappa shape index (κ3) is 12.0. The highest BCUT2D eigenvalue weighted by Crippen LogP contribution is 2.14. The second kappa shape index (κ2) is 10.4. The fourth-order valence-corrected chi connectivity index (χ4v) is 1.98. The summed E-state index contributed by atoms with van der Waals surface area (Å²) in [5.41, 5.74) is 3.13. The van der Waals surface area contributed by atoms with Crippen LogP contribution in [0.25, 0.3) is 0 Å². The van der Waals surface area contributed by atoms with Gasteiger partial charge in [-0.3, -0.25) is 0 Å². The maximum absolute atomic E-state index is 2.44. The fourth-order valence-electron chi connectivity index (χ4n) is 1.98. The summed E-state index contributed by atoms with van der Waals surface area (Å²) in [5, 5.41) is 0. The number of hydrogen-bond acceptors (Lipinski definition) is 0. The topological polar surface area (TPSA) is 0 Å². The quantitative estimate of drug-likeness (QED) is 0.408. The van der Waals surface area contributed by atoms with Gasteiger partial charge in [-0.25, -0.2) is 0 Å². The van der Waals surface area contributed by atoms with E-state index in [1.54, 1.807) is 11.1 Å². The molecule has 0 aliphatic heterocycles. The van der Waals surface area contributed by atoms with Gasteiger partial charge in [0.25, 0.3) is 0 Å². The van der Waals surface area contributed by atoms with Crippen LogP contribution in [0.15, 0.2) is 23.3 Å². The lowest BCUT2D eigenvalue weighted by Crippen LogP contribution is -1.88. The van der Waals surface area contributed by atoms with Crippen LogP contribution in [0, 0.1) is 11.8 Å². The first kappa shape index (κ1) is 17.5. The van der Waals surface area contributed by atoms with Gasteiger partial charge in [-0.15, -0.1) is 0 Å². The second-order valence-electron chi connectivity index (χ2n) is 6.56. The smallest absolute Gasteiger partial charge is 0.0288 e. The summed E-state index contributed by atoms with van der Waals surface area (Å²) in [5.74, 6) is 1.63. The van der Waals surface area contributed by atoms with Crippen molar-refractivity contribution in [3.63, 3.8) is 0 Å². The number of rotatable bonds is 9. The van der Waals surface area contributed by atoms with Crippen LogP contribution in [0.5, 0.6) is 0 Å². The SMILES string of the molecule is CC(=CCC(C)C)CCC=C(C)CCCC(C)C. The molecule has 0 nitrogen and oxygen atoms in total. The van der Waals surface area contributed by atoms with Crippen molar-refractivity contribution in [1.29, 1.82) is 0 Å². The van der Waals surface area contributed by atoms with Crippen molar-refractivity contribution in [3.8, 4) is 0 Å². The summed E-state index contributed by atoms with van der Waals surface area (Å²) in [6.07, 6.45) is 12.5. The zero-order valence-electron chi connectivity index (χ0n) is 13.6. The van der Waals surface area contributed by atoms with Gasteiger partial charge in [0, 0.05) is 0 Å². The molecule has 106 valence electrons. The Morgan fingerprint density at radius 3 is 2.00 bits per heavy atom. The van der Waals surface area contributed by atoms with Gasteiger partial charge in [-0.2, -0.15) is 0 Å². The first-order valence-electron chi connectivity index (χ1n) is 7.73. The van der Waals surface area contributed by atoms with E-state index in [1.165, 1.54) is 38.5 Å². The van der Waals surface area contributed by atoms with E-state index < -0.39 is 0 Å². The molecule has 0 fully saturated rings. The molecule has 0 bridgehead atoms. The molecule has 0 saturated heterocycles. The van der Waals surface area contributed by atoms with Gasteiger partial charge in [0.05, 0.1) is 0 Å². The van der Waals surface area contributed by atoms with Gasteiger partial charge in [-0.1, -0.05) is 57.4 Å². The Morgan fingerprint density at radius 1 is 0.833 bits per heavy atom. The lowest BCUT2D eigenvalue weighted by molar-refractivity contribution is 0.554. The molecule has 0 spiro atoms. The molecule has 0 aromatic rings. The summed E-state index contributed by atoms with van der Waals surface area (Å²) in [6.45, 7) is 13.7. The average Bonchev–Trinajstić information content (AvgIpc) is 2.25. The summed E-state index contributed by atoms with van der Waals surface area (Å²) in [7, 11) is 0. The minimum atomic E-state index is 0.785. The van der Waals surface area contributed by atoms with Gasteiger partial charge >= 0.3 is 0 Å². The van der Waals surface area contributed by atoms with Crippen LogP contribution in [0.4, 0.5) is 0 Å². The van der Waals surface area contributed by atoms with Gasteiger partial charge < -0.3 is 0 Å². The Hall–Kier alpha value is -0.520. The third-order valence-electron chi connectivity index (χ3n) is 3.32. The van der Waals surface area contributed by atoms with E-state index >= 15 is 0 Å². The first-order valence-corrected chi connectivity index (χ1v) is 7.73. The summed E-state index contributed by atoms with van der Waals surface area (Å²) in [4.78, 5) is 0. The van der Waals surface area contributed by atoms with Crippen molar-refractivity contribution in [3.05, 3.63) is 23.3 Å².